The first-order chi connectivity index (χ1) is 15.3. The average Bonchev–Trinajstić information content (AvgIpc) is 3.23. The van der Waals surface area contributed by atoms with Gasteiger partial charge in [0.05, 0.1) is 6.42 Å². The molecule has 3 heterocycles. The SMILES string of the molecule is O=C(Cc1c[nH]c2ccccc12)Nc1cc(N2CCN(c3ccccc3)CC2)ncn1. The average molecular weight is 412 g/mol. The Morgan fingerprint density at radius 1 is 0.935 bits per heavy atom. The number of piperazine rings is 1. The Morgan fingerprint density at radius 2 is 1.68 bits per heavy atom. The summed E-state index contributed by atoms with van der Waals surface area (Å²) in [4.78, 5) is 29.1. The van der Waals surface area contributed by atoms with Crippen LogP contribution < -0.4 is 15.1 Å². The van der Waals surface area contributed by atoms with Crippen LogP contribution in [0.2, 0.25) is 0 Å². The molecule has 0 radical (unpaired) electrons. The van der Waals surface area contributed by atoms with Gasteiger partial charge in [0.15, 0.2) is 0 Å². The number of nitrogens with one attached hydrogen (secondary N) is 2. The number of carbonyl (C=O) groups is 1. The molecule has 2 aromatic carbocycles. The van der Waals surface area contributed by atoms with Crippen LogP contribution in [-0.4, -0.2) is 47.0 Å². The number of nitrogens with zero attached hydrogens (tertiary/aromatic N) is 4. The molecule has 7 nitrogen and oxygen atoms in total. The predicted octanol–water partition coefficient (Wildman–Crippen LogP) is 3.47. The molecule has 0 atom stereocenters. The number of hydrogen-bond donors (Lipinski definition) is 2. The monoisotopic (exact) mass is 412 g/mol. The number of amides is 1. The molecular formula is C24H24N6O. The van der Waals surface area contributed by atoms with Gasteiger partial charge in [-0.3, -0.25) is 4.79 Å². The fraction of sp³-hybridized carbons (Fsp3) is 0.208. The van der Waals surface area contributed by atoms with Gasteiger partial charge in [0, 0.05) is 55.0 Å². The summed E-state index contributed by atoms with van der Waals surface area (Å²) >= 11 is 0. The van der Waals surface area contributed by atoms with Gasteiger partial charge in [0.1, 0.15) is 18.0 Å². The van der Waals surface area contributed by atoms with Crippen LogP contribution in [0.25, 0.3) is 10.9 Å². The Morgan fingerprint density at radius 3 is 2.52 bits per heavy atom. The van der Waals surface area contributed by atoms with Crippen LogP contribution in [0.3, 0.4) is 0 Å². The van der Waals surface area contributed by atoms with E-state index in [2.05, 4.69) is 54.3 Å². The molecule has 31 heavy (non-hydrogen) atoms. The summed E-state index contributed by atoms with van der Waals surface area (Å²) < 4.78 is 0. The number of carbonyl (C=O) groups excluding carboxylic acids is 1. The normalized spacial score (nSPS) is 14.1. The zero-order chi connectivity index (χ0) is 21.0. The molecule has 1 aliphatic rings. The maximum absolute atomic E-state index is 12.6. The molecule has 2 aromatic heterocycles. The highest BCUT2D eigenvalue weighted by Crippen LogP contribution is 2.21. The number of aromatic nitrogens is 3. The van der Waals surface area contributed by atoms with E-state index in [9.17, 15) is 4.79 Å². The molecular weight excluding hydrogens is 388 g/mol. The fourth-order valence-corrected chi connectivity index (χ4v) is 4.06. The van der Waals surface area contributed by atoms with Crippen LogP contribution in [0.1, 0.15) is 5.56 Å². The fourth-order valence-electron chi connectivity index (χ4n) is 4.06. The summed E-state index contributed by atoms with van der Waals surface area (Å²) in [5, 5.41) is 3.98. The number of para-hydroxylation sites is 2. The lowest BCUT2D eigenvalue weighted by Gasteiger charge is -2.36. The highest BCUT2D eigenvalue weighted by Gasteiger charge is 2.19. The van der Waals surface area contributed by atoms with Crippen LogP contribution in [0.5, 0.6) is 0 Å². The molecule has 0 unspecified atom stereocenters. The van der Waals surface area contributed by atoms with Gasteiger partial charge in [-0.1, -0.05) is 36.4 Å². The quantitative estimate of drug-likeness (QED) is 0.525. The smallest absolute Gasteiger partial charge is 0.230 e. The van der Waals surface area contributed by atoms with Crippen molar-refractivity contribution in [2.45, 2.75) is 6.42 Å². The molecule has 156 valence electrons. The van der Waals surface area contributed by atoms with Gasteiger partial charge in [-0.25, -0.2) is 9.97 Å². The molecule has 0 aliphatic carbocycles. The molecule has 1 saturated heterocycles. The third kappa shape index (κ3) is 4.21. The van der Waals surface area contributed by atoms with Crippen LogP contribution in [0.4, 0.5) is 17.3 Å². The summed E-state index contributed by atoms with van der Waals surface area (Å²) in [6.45, 7) is 3.59. The van der Waals surface area contributed by atoms with Crippen molar-refractivity contribution in [2.75, 3.05) is 41.3 Å². The third-order valence-electron chi connectivity index (χ3n) is 5.67. The standard InChI is InChI=1S/C24H24N6O/c31-24(14-18-16-25-21-9-5-4-8-20(18)21)28-22-15-23(27-17-26-22)30-12-10-29(11-13-30)19-6-2-1-3-7-19/h1-9,15-17,25H,10-14H2,(H,26,27,28,31). The minimum atomic E-state index is -0.0942. The van der Waals surface area contributed by atoms with E-state index in [1.54, 1.807) is 0 Å². The van der Waals surface area contributed by atoms with Gasteiger partial charge in [-0.15, -0.1) is 0 Å². The van der Waals surface area contributed by atoms with E-state index in [-0.39, 0.29) is 5.91 Å². The van der Waals surface area contributed by atoms with Crippen molar-refractivity contribution >= 4 is 34.1 Å². The van der Waals surface area contributed by atoms with E-state index >= 15 is 0 Å². The van der Waals surface area contributed by atoms with Crippen molar-refractivity contribution in [3.8, 4) is 0 Å². The Balaban J connectivity index is 1.22. The van der Waals surface area contributed by atoms with E-state index < -0.39 is 0 Å². The van der Waals surface area contributed by atoms with Gasteiger partial charge < -0.3 is 20.1 Å². The topological polar surface area (TPSA) is 77.2 Å². The van der Waals surface area contributed by atoms with Crippen LogP contribution in [0.15, 0.2) is 73.2 Å². The molecule has 1 fully saturated rings. The third-order valence-corrected chi connectivity index (χ3v) is 5.67. The maximum Gasteiger partial charge on any atom is 0.230 e. The highest BCUT2D eigenvalue weighted by atomic mass is 16.1. The Bertz CT molecular complexity index is 1180. The zero-order valence-electron chi connectivity index (χ0n) is 17.2. The van der Waals surface area contributed by atoms with Gasteiger partial charge in [0.25, 0.3) is 0 Å². The largest absolute Gasteiger partial charge is 0.368 e. The second-order valence-electron chi connectivity index (χ2n) is 7.66. The minimum Gasteiger partial charge on any atom is -0.368 e. The van der Waals surface area contributed by atoms with E-state index in [0.717, 1.165) is 48.5 Å². The predicted molar refractivity (Wildman–Crippen MR) is 124 cm³/mol. The number of rotatable bonds is 5. The maximum atomic E-state index is 12.6. The van der Waals surface area contributed by atoms with Gasteiger partial charge in [0.2, 0.25) is 5.91 Å². The Hall–Kier alpha value is -3.87. The second-order valence-corrected chi connectivity index (χ2v) is 7.66. The van der Waals surface area contributed by atoms with Crippen molar-refractivity contribution < 1.29 is 4.79 Å². The number of anilines is 3. The number of fused-ring (bicyclic) bond motifs is 1. The molecule has 7 heteroatoms. The number of H-pyrrole nitrogens is 1. The molecule has 0 spiro atoms. The van der Waals surface area contributed by atoms with Crippen molar-refractivity contribution in [3.05, 3.63) is 78.8 Å². The van der Waals surface area contributed by atoms with E-state index in [1.807, 2.05) is 42.6 Å². The zero-order valence-corrected chi connectivity index (χ0v) is 17.2. The summed E-state index contributed by atoms with van der Waals surface area (Å²) in [6.07, 6.45) is 3.70. The first-order valence-electron chi connectivity index (χ1n) is 10.5. The Labute approximate surface area is 180 Å². The van der Waals surface area contributed by atoms with Crippen molar-refractivity contribution in [1.82, 2.24) is 15.0 Å². The van der Waals surface area contributed by atoms with Crippen LogP contribution >= 0.6 is 0 Å². The lowest BCUT2D eigenvalue weighted by Crippen LogP contribution is -2.46. The molecule has 0 saturated carbocycles. The lowest BCUT2D eigenvalue weighted by atomic mass is 10.1. The van der Waals surface area contributed by atoms with E-state index in [4.69, 9.17) is 0 Å². The second kappa shape index (κ2) is 8.47. The Kier molecular flexibility index (Phi) is 5.22. The van der Waals surface area contributed by atoms with Gasteiger partial charge in [-0.05, 0) is 23.8 Å². The number of benzene rings is 2. The molecule has 4 aromatic rings. The van der Waals surface area contributed by atoms with Crippen molar-refractivity contribution in [3.63, 3.8) is 0 Å². The summed E-state index contributed by atoms with van der Waals surface area (Å²) in [5.41, 5.74) is 3.25. The van der Waals surface area contributed by atoms with E-state index in [1.165, 1.54) is 12.0 Å². The molecule has 1 amide bonds. The molecule has 1 aliphatic heterocycles. The molecule has 2 N–H and O–H groups in total. The minimum absolute atomic E-state index is 0.0942. The van der Waals surface area contributed by atoms with Crippen LogP contribution in [-0.2, 0) is 11.2 Å². The van der Waals surface area contributed by atoms with Gasteiger partial charge >= 0.3 is 0 Å². The van der Waals surface area contributed by atoms with Crippen LogP contribution in [0, 0.1) is 0 Å². The summed E-state index contributed by atoms with van der Waals surface area (Å²) in [7, 11) is 0. The first kappa shape index (κ1) is 19.1. The summed E-state index contributed by atoms with van der Waals surface area (Å²) in [6, 6.07) is 20.3. The van der Waals surface area contributed by atoms with Gasteiger partial charge in [-0.2, -0.15) is 0 Å². The molecule has 5 rings (SSSR count). The molecule has 0 bridgehead atoms. The number of hydrogen-bond acceptors (Lipinski definition) is 5. The lowest BCUT2D eigenvalue weighted by molar-refractivity contribution is -0.115. The van der Waals surface area contributed by atoms with E-state index in [0.29, 0.717) is 12.2 Å². The van der Waals surface area contributed by atoms with Crippen molar-refractivity contribution in [1.29, 1.82) is 0 Å². The first-order valence-corrected chi connectivity index (χ1v) is 10.5. The highest BCUT2D eigenvalue weighted by molar-refractivity contribution is 5.95. The summed E-state index contributed by atoms with van der Waals surface area (Å²) in [5.74, 6) is 1.27. The number of aromatic amines is 1. The van der Waals surface area contributed by atoms with Crippen molar-refractivity contribution in [2.24, 2.45) is 0 Å².